The molecule has 0 unspecified atom stereocenters. The van der Waals surface area contributed by atoms with Crippen molar-refractivity contribution in [1.82, 2.24) is 0 Å². The first-order valence-corrected chi connectivity index (χ1v) is 7.27. The van der Waals surface area contributed by atoms with Crippen LogP contribution in [0.5, 0.6) is 0 Å². The zero-order valence-corrected chi connectivity index (χ0v) is 11.9. The van der Waals surface area contributed by atoms with Gasteiger partial charge in [-0.3, -0.25) is 0 Å². The van der Waals surface area contributed by atoms with Crippen LogP contribution >= 0.6 is 55.2 Å². The van der Waals surface area contributed by atoms with E-state index in [2.05, 4.69) is 37.2 Å². The monoisotopic (exact) mass is 355 g/mol. The van der Waals surface area contributed by atoms with E-state index in [-0.39, 0.29) is 0 Å². The summed E-state index contributed by atoms with van der Waals surface area (Å²) in [7, 11) is 0. The van der Waals surface area contributed by atoms with Crippen LogP contribution in [0, 0.1) is 0 Å². The molecule has 0 aliphatic carbocycles. The molecule has 1 fully saturated rings. The van der Waals surface area contributed by atoms with Crippen molar-refractivity contribution in [2.75, 3.05) is 16.8 Å². The number of halogens is 3. The van der Waals surface area contributed by atoms with Gasteiger partial charge in [0.1, 0.15) is 0 Å². The van der Waals surface area contributed by atoms with Gasteiger partial charge in [0.15, 0.2) is 0 Å². The molecule has 1 aliphatic rings. The van der Waals surface area contributed by atoms with Crippen molar-refractivity contribution >= 4 is 60.9 Å². The van der Waals surface area contributed by atoms with Crippen LogP contribution in [0.3, 0.4) is 0 Å². The second kappa shape index (κ2) is 4.64. The maximum Gasteiger partial charge on any atom is 0.0632 e. The molecule has 1 aromatic rings. The molecule has 2 rings (SSSR count). The fourth-order valence-corrected chi connectivity index (χ4v) is 3.74. The molecule has 76 valence electrons. The van der Waals surface area contributed by atoms with E-state index in [1.54, 1.807) is 0 Å². The van der Waals surface area contributed by atoms with Gasteiger partial charge in [0.25, 0.3) is 0 Å². The maximum absolute atomic E-state index is 5.91. The molecule has 0 radical (unpaired) electrons. The molecule has 1 aliphatic heterocycles. The Bertz CT molecular complexity index is 332. The molecular formula is C9H8Br2ClNS. The van der Waals surface area contributed by atoms with E-state index in [0.29, 0.717) is 6.04 Å². The van der Waals surface area contributed by atoms with Gasteiger partial charge in [-0.05, 0) is 44.0 Å². The fourth-order valence-electron chi connectivity index (χ4n) is 1.20. The molecule has 0 saturated carbocycles. The lowest BCUT2D eigenvalue weighted by atomic mass is 10.3. The third-order valence-electron chi connectivity index (χ3n) is 1.99. The molecule has 0 spiro atoms. The zero-order valence-electron chi connectivity index (χ0n) is 7.19. The Morgan fingerprint density at radius 3 is 2.29 bits per heavy atom. The number of nitrogens with one attached hydrogen (secondary N) is 1. The summed E-state index contributed by atoms with van der Waals surface area (Å²) in [6, 6.07) is 4.40. The normalized spacial score (nSPS) is 16.5. The summed E-state index contributed by atoms with van der Waals surface area (Å²) >= 11 is 14.9. The van der Waals surface area contributed by atoms with E-state index < -0.39 is 0 Å². The summed E-state index contributed by atoms with van der Waals surface area (Å²) in [4.78, 5) is 0. The summed E-state index contributed by atoms with van der Waals surface area (Å²) in [6.45, 7) is 0. The molecule has 0 aromatic heterocycles. The third-order valence-corrected chi connectivity index (χ3v) is 4.74. The van der Waals surface area contributed by atoms with Gasteiger partial charge in [0, 0.05) is 31.5 Å². The number of hydrogen-bond acceptors (Lipinski definition) is 2. The van der Waals surface area contributed by atoms with Gasteiger partial charge in [-0.25, -0.2) is 0 Å². The second-order valence-electron chi connectivity index (χ2n) is 3.12. The Hall–Kier alpha value is 0.620. The van der Waals surface area contributed by atoms with Crippen LogP contribution in [0.1, 0.15) is 0 Å². The van der Waals surface area contributed by atoms with E-state index in [1.165, 1.54) is 11.5 Å². The molecule has 0 bridgehead atoms. The lowest BCUT2D eigenvalue weighted by Crippen LogP contribution is -2.33. The van der Waals surface area contributed by atoms with Crippen molar-refractivity contribution in [2.45, 2.75) is 6.04 Å². The van der Waals surface area contributed by atoms with Crippen LogP contribution in [0.2, 0.25) is 5.02 Å². The lowest BCUT2D eigenvalue weighted by molar-refractivity contribution is 0.880. The van der Waals surface area contributed by atoms with Crippen LogP contribution in [0.15, 0.2) is 21.1 Å². The summed E-state index contributed by atoms with van der Waals surface area (Å²) in [6.07, 6.45) is 0. The minimum absolute atomic E-state index is 0.591. The topological polar surface area (TPSA) is 12.0 Å². The van der Waals surface area contributed by atoms with Crippen molar-refractivity contribution in [3.63, 3.8) is 0 Å². The van der Waals surface area contributed by atoms with Gasteiger partial charge < -0.3 is 5.32 Å². The molecule has 14 heavy (non-hydrogen) atoms. The maximum atomic E-state index is 5.91. The second-order valence-corrected chi connectivity index (χ2v) is 6.34. The Morgan fingerprint density at radius 2 is 1.86 bits per heavy atom. The highest BCUT2D eigenvalue weighted by molar-refractivity contribution is 9.11. The van der Waals surface area contributed by atoms with E-state index in [1.807, 2.05) is 23.9 Å². The molecule has 0 amide bonds. The number of hydrogen-bond donors (Lipinski definition) is 1. The minimum atomic E-state index is 0.591. The van der Waals surface area contributed by atoms with Crippen molar-refractivity contribution < 1.29 is 0 Å². The Balaban J connectivity index is 2.22. The molecule has 1 heterocycles. The van der Waals surface area contributed by atoms with E-state index >= 15 is 0 Å². The predicted molar refractivity (Wildman–Crippen MR) is 71.6 cm³/mol. The summed E-state index contributed by atoms with van der Waals surface area (Å²) < 4.78 is 2.02. The van der Waals surface area contributed by atoms with Crippen molar-refractivity contribution in [1.29, 1.82) is 0 Å². The first-order valence-electron chi connectivity index (χ1n) is 4.15. The molecule has 1 nitrogen and oxygen atoms in total. The Morgan fingerprint density at radius 1 is 1.29 bits per heavy atom. The average Bonchev–Trinajstić information content (AvgIpc) is 1.98. The van der Waals surface area contributed by atoms with Crippen LogP contribution < -0.4 is 5.32 Å². The minimum Gasteiger partial charge on any atom is -0.379 e. The lowest BCUT2D eigenvalue weighted by Gasteiger charge is -2.28. The van der Waals surface area contributed by atoms with E-state index in [0.717, 1.165) is 19.7 Å². The highest BCUT2D eigenvalue weighted by atomic mass is 79.9. The van der Waals surface area contributed by atoms with Crippen LogP contribution in [-0.4, -0.2) is 17.5 Å². The standard InChI is InChI=1S/C9H8Br2ClNS/c10-7-1-5(12)2-8(11)9(7)13-6-3-14-4-6/h1-2,6,13H,3-4H2. The Labute approximate surface area is 109 Å². The van der Waals surface area contributed by atoms with E-state index in [9.17, 15) is 0 Å². The van der Waals surface area contributed by atoms with Gasteiger partial charge in [-0.2, -0.15) is 11.8 Å². The first kappa shape index (κ1) is 11.1. The third kappa shape index (κ3) is 2.40. The number of anilines is 1. The van der Waals surface area contributed by atoms with Gasteiger partial charge >= 0.3 is 0 Å². The number of thioether (sulfide) groups is 1. The van der Waals surface area contributed by atoms with Gasteiger partial charge in [0.05, 0.1) is 5.69 Å². The SMILES string of the molecule is Clc1cc(Br)c(NC2CSC2)c(Br)c1. The number of benzene rings is 1. The van der Waals surface area contributed by atoms with Crippen molar-refractivity contribution in [2.24, 2.45) is 0 Å². The highest BCUT2D eigenvalue weighted by Gasteiger charge is 2.19. The van der Waals surface area contributed by atoms with Gasteiger partial charge in [-0.1, -0.05) is 11.6 Å². The van der Waals surface area contributed by atoms with Crippen molar-refractivity contribution in [3.05, 3.63) is 26.1 Å². The predicted octanol–water partition coefficient (Wildman–Crippen LogP) is 4.39. The quantitative estimate of drug-likeness (QED) is 0.842. The number of rotatable bonds is 2. The molecule has 1 saturated heterocycles. The average molecular weight is 357 g/mol. The van der Waals surface area contributed by atoms with Crippen molar-refractivity contribution in [3.8, 4) is 0 Å². The summed E-state index contributed by atoms with van der Waals surface area (Å²) in [5.41, 5.74) is 1.10. The molecule has 1 N–H and O–H groups in total. The Kier molecular flexibility index (Phi) is 3.68. The van der Waals surface area contributed by atoms with Crippen LogP contribution in [-0.2, 0) is 0 Å². The molecule has 0 atom stereocenters. The van der Waals surface area contributed by atoms with Gasteiger partial charge in [-0.15, -0.1) is 0 Å². The van der Waals surface area contributed by atoms with E-state index in [4.69, 9.17) is 11.6 Å². The highest BCUT2D eigenvalue weighted by Crippen LogP contribution is 2.36. The largest absolute Gasteiger partial charge is 0.379 e. The molecule has 5 heteroatoms. The summed E-state index contributed by atoms with van der Waals surface area (Å²) in [5, 5.41) is 4.20. The molecule has 1 aromatic carbocycles. The van der Waals surface area contributed by atoms with Crippen LogP contribution in [0.25, 0.3) is 0 Å². The van der Waals surface area contributed by atoms with Gasteiger partial charge in [0.2, 0.25) is 0 Å². The smallest absolute Gasteiger partial charge is 0.0632 e. The fraction of sp³-hybridized carbons (Fsp3) is 0.333. The van der Waals surface area contributed by atoms with Crippen LogP contribution in [0.4, 0.5) is 5.69 Å². The zero-order chi connectivity index (χ0) is 10.1. The summed E-state index contributed by atoms with van der Waals surface area (Å²) in [5.74, 6) is 2.36. The first-order chi connectivity index (χ1) is 6.66. The molecular weight excluding hydrogens is 349 g/mol.